The van der Waals surface area contributed by atoms with Gasteiger partial charge in [-0.05, 0) is 31.5 Å². The van der Waals surface area contributed by atoms with E-state index in [9.17, 15) is 0 Å². The molecule has 0 saturated heterocycles. The molecule has 2 aromatic heterocycles. The minimum atomic E-state index is 0.308. The van der Waals surface area contributed by atoms with E-state index in [4.69, 9.17) is 0 Å². The minimum absolute atomic E-state index is 0.308. The van der Waals surface area contributed by atoms with Crippen molar-refractivity contribution in [2.75, 3.05) is 10.2 Å². The predicted molar refractivity (Wildman–Crippen MR) is 115 cm³/mol. The van der Waals surface area contributed by atoms with Crippen molar-refractivity contribution < 1.29 is 0 Å². The third-order valence-electron chi connectivity index (χ3n) is 4.66. The Bertz CT molecular complexity index is 1060. The Morgan fingerprint density at radius 2 is 1.71 bits per heavy atom. The molecule has 0 unspecified atom stereocenters. The molecule has 1 N–H and O–H groups in total. The number of rotatable bonds is 6. The smallest absolute Gasteiger partial charge is 0.135 e. The number of hydrogen-bond acceptors (Lipinski definition) is 5. The standard InChI is InChI=1S/C23H23N5/c1-17(2)28(15-18-8-4-3-5-9-18)22-14-21(25-16-26-22)27-20-12-6-10-19-11-7-13-24-23(19)20/h3-14,16-17H,15H2,1-2H3,(H,25,26,27). The Morgan fingerprint density at radius 3 is 2.54 bits per heavy atom. The summed E-state index contributed by atoms with van der Waals surface area (Å²) in [4.78, 5) is 15.7. The topological polar surface area (TPSA) is 53.9 Å². The first-order valence-corrected chi connectivity index (χ1v) is 9.44. The summed E-state index contributed by atoms with van der Waals surface area (Å²) in [5.74, 6) is 1.64. The van der Waals surface area contributed by atoms with E-state index < -0.39 is 0 Å². The second-order valence-electron chi connectivity index (χ2n) is 6.97. The lowest BCUT2D eigenvalue weighted by molar-refractivity contribution is 0.671. The molecule has 0 spiro atoms. The van der Waals surface area contributed by atoms with Crippen LogP contribution in [0.3, 0.4) is 0 Å². The second-order valence-corrected chi connectivity index (χ2v) is 6.97. The maximum absolute atomic E-state index is 4.52. The number of fused-ring (bicyclic) bond motifs is 1. The van der Waals surface area contributed by atoms with Crippen molar-refractivity contribution in [3.8, 4) is 0 Å². The predicted octanol–water partition coefficient (Wildman–Crippen LogP) is 5.18. The third-order valence-corrected chi connectivity index (χ3v) is 4.66. The van der Waals surface area contributed by atoms with E-state index in [2.05, 4.69) is 75.4 Å². The zero-order valence-electron chi connectivity index (χ0n) is 16.1. The molecule has 0 amide bonds. The number of pyridine rings is 1. The van der Waals surface area contributed by atoms with Crippen LogP contribution in [0.1, 0.15) is 19.4 Å². The number of aromatic nitrogens is 3. The van der Waals surface area contributed by atoms with Gasteiger partial charge in [0.2, 0.25) is 0 Å². The molecular formula is C23H23N5. The van der Waals surface area contributed by atoms with Crippen molar-refractivity contribution in [1.82, 2.24) is 15.0 Å². The monoisotopic (exact) mass is 369 g/mol. The fourth-order valence-corrected chi connectivity index (χ4v) is 3.22. The average Bonchev–Trinajstić information content (AvgIpc) is 2.73. The molecule has 0 radical (unpaired) electrons. The van der Waals surface area contributed by atoms with Crippen LogP contribution in [0, 0.1) is 0 Å². The van der Waals surface area contributed by atoms with Gasteiger partial charge in [0.25, 0.3) is 0 Å². The van der Waals surface area contributed by atoms with Gasteiger partial charge in [-0.3, -0.25) is 4.98 Å². The molecule has 5 nitrogen and oxygen atoms in total. The Balaban J connectivity index is 1.63. The lowest BCUT2D eigenvalue weighted by atomic mass is 10.2. The summed E-state index contributed by atoms with van der Waals surface area (Å²) in [7, 11) is 0. The molecule has 5 heteroatoms. The number of anilines is 3. The molecule has 0 atom stereocenters. The number of para-hydroxylation sites is 1. The van der Waals surface area contributed by atoms with E-state index >= 15 is 0 Å². The SMILES string of the molecule is CC(C)N(Cc1ccccc1)c1cc(Nc2cccc3cccnc23)ncn1. The lowest BCUT2D eigenvalue weighted by Gasteiger charge is -2.28. The van der Waals surface area contributed by atoms with Crippen molar-refractivity contribution in [3.05, 3.63) is 84.8 Å². The highest BCUT2D eigenvalue weighted by Crippen LogP contribution is 2.26. The van der Waals surface area contributed by atoms with Crippen LogP contribution >= 0.6 is 0 Å². The fraction of sp³-hybridized carbons (Fsp3) is 0.174. The van der Waals surface area contributed by atoms with Crippen molar-refractivity contribution in [1.29, 1.82) is 0 Å². The Labute approximate surface area is 165 Å². The summed E-state index contributed by atoms with van der Waals surface area (Å²) in [6, 6.07) is 22.8. The normalized spacial score (nSPS) is 11.0. The van der Waals surface area contributed by atoms with E-state index in [-0.39, 0.29) is 0 Å². The zero-order chi connectivity index (χ0) is 19.3. The lowest BCUT2D eigenvalue weighted by Crippen LogP contribution is -2.31. The van der Waals surface area contributed by atoms with Crippen LogP contribution in [0.25, 0.3) is 10.9 Å². The quantitative estimate of drug-likeness (QED) is 0.507. The summed E-state index contributed by atoms with van der Waals surface area (Å²) in [5.41, 5.74) is 3.11. The average molecular weight is 369 g/mol. The van der Waals surface area contributed by atoms with Crippen LogP contribution in [-0.4, -0.2) is 21.0 Å². The molecule has 0 fully saturated rings. The molecule has 0 aliphatic rings. The van der Waals surface area contributed by atoms with Gasteiger partial charge in [-0.15, -0.1) is 0 Å². The molecule has 0 bridgehead atoms. The molecule has 28 heavy (non-hydrogen) atoms. The van der Waals surface area contributed by atoms with E-state index in [0.717, 1.165) is 34.8 Å². The number of hydrogen-bond donors (Lipinski definition) is 1. The van der Waals surface area contributed by atoms with Crippen LogP contribution in [0.2, 0.25) is 0 Å². The first-order valence-electron chi connectivity index (χ1n) is 9.44. The van der Waals surface area contributed by atoms with Crippen LogP contribution in [0.4, 0.5) is 17.3 Å². The van der Waals surface area contributed by atoms with Gasteiger partial charge in [-0.1, -0.05) is 48.5 Å². The molecule has 2 aromatic carbocycles. The molecular weight excluding hydrogens is 346 g/mol. The number of nitrogens with zero attached hydrogens (tertiary/aromatic N) is 4. The molecule has 2 heterocycles. The highest BCUT2D eigenvalue weighted by molar-refractivity contribution is 5.91. The molecule has 4 rings (SSSR count). The van der Waals surface area contributed by atoms with Gasteiger partial charge in [-0.2, -0.15) is 0 Å². The van der Waals surface area contributed by atoms with Crippen molar-refractivity contribution in [2.45, 2.75) is 26.4 Å². The van der Waals surface area contributed by atoms with Gasteiger partial charge in [-0.25, -0.2) is 9.97 Å². The highest BCUT2D eigenvalue weighted by Gasteiger charge is 2.14. The highest BCUT2D eigenvalue weighted by atomic mass is 15.2. The first kappa shape index (κ1) is 17.9. The zero-order valence-corrected chi connectivity index (χ0v) is 16.1. The van der Waals surface area contributed by atoms with Crippen molar-refractivity contribution >= 4 is 28.2 Å². The van der Waals surface area contributed by atoms with Gasteiger partial charge in [0.15, 0.2) is 0 Å². The maximum atomic E-state index is 4.52. The summed E-state index contributed by atoms with van der Waals surface area (Å²) in [5, 5.41) is 4.50. The van der Waals surface area contributed by atoms with E-state index in [1.54, 1.807) is 12.5 Å². The van der Waals surface area contributed by atoms with Crippen LogP contribution in [0.15, 0.2) is 79.3 Å². The van der Waals surface area contributed by atoms with Gasteiger partial charge >= 0.3 is 0 Å². The summed E-state index contributed by atoms with van der Waals surface area (Å²) < 4.78 is 0. The summed E-state index contributed by atoms with van der Waals surface area (Å²) >= 11 is 0. The van der Waals surface area contributed by atoms with Crippen molar-refractivity contribution in [2.24, 2.45) is 0 Å². The Hall–Kier alpha value is -3.47. The minimum Gasteiger partial charge on any atom is -0.350 e. The van der Waals surface area contributed by atoms with Crippen LogP contribution in [0.5, 0.6) is 0 Å². The van der Waals surface area contributed by atoms with E-state index in [0.29, 0.717) is 6.04 Å². The Morgan fingerprint density at radius 1 is 0.893 bits per heavy atom. The second kappa shape index (κ2) is 8.05. The number of benzene rings is 2. The number of nitrogens with one attached hydrogen (secondary N) is 1. The molecule has 0 aliphatic carbocycles. The Kier molecular flexibility index (Phi) is 5.15. The molecule has 4 aromatic rings. The molecule has 0 aliphatic heterocycles. The molecule has 140 valence electrons. The fourth-order valence-electron chi connectivity index (χ4n) is 3.22. The van der Waals surface area contributed by atoms with E-state index in [1.165, 1.54) is 5.56 Å². The molecule has 0 saturated carbocycles. The largest absolute Gasteiger partial charge is 0.350 e. The van der Waals surface area contributed by atoms with Gasteiger partial charge in [0.05, 0.1) is 11.2 Å². The maximum Gasteiger partial charge on any atom is 0.135 e. The van der Waals surface area contributed by atoms with E-state index in [1.807, 2.05) is 30.3 Å². The van der Waals surface area contributed by atoms with Crippen molar-refractivity contribution in [3.63, 3.8) is 0 Å². The first-order chi connectivity index (χ1) is 13.7. The summed E-state index contributed by atoms with van der Waals surface area (Å²) in [6.07, 6.45) is 3.41. The van der Waals surface area contributed by atoms with Crippen LogP contribution < -0.4 is 10.2 Å². The van der Waals surface area contributed by atoms with Crippen LogP contribution in [-0.2, 0) is 6.54 Å². The van der Waals surface area contributed by atoms with Gasteiger partial charge in [0, 0.05) is 30.2 Å². The third kappa shape index (κ3) is 3.93. The summed E-state index contributed by atoms with van der Waals surface area (Å²) in [6.45, 7) is 5.14. The van der Waals surface area contributed by atoms with Gasteiger partial charge < -0.3 is 10.2 Å². The van der Waals surface area contributed by atoms with Gasteiger partial charge in [0.1, 0.15) is 18.0 Å².